The van der Waals surface area contributed by atoms with Crippen LogP contribution in [0.5, 0.6) is 28.7 Å². The molecule has 3 aromatic rings. The van der Waals surface area contributed by atoms with Crippen molar-refractivity contribution in [1.82, 2.24) is 4.90 Å². The molecular formula is C45H46N4O14. The van der Waals surface area contributed by atoms with Crippen LogP contribution in [0.1, 0.15) is 53.0 Å². The summed E-state index contributed by atoms with van der Waals surface area (Å²) in [6.07, 6.45) is -10.7. The van der Waals surface area contributed by atoms with Crippen LogP contribution >= 0.6 is 0 Å². The number of methoxy groups -OCH3 is 1. The number of hydrogen-bond acceptors (Lipinski definition) is 17. The highest BCUT2D eigenvalue weighted by Gasteiger charge is 2.53. The number of benzene rings is 3. The van der Waals surface area contributed by atoms with Crippen molar-refractivity contribution in [3.8, 4) is 40.6 Å². The highest BCUT2D eigenvalue weighted by Crippen LogP contribution is 2.61. The number of rotatable bonds is 12. The number of aliphatic hydroxyl groups is 4. The minimum absolute atomic E-state index is 0.0864. The lowest BCUT2D eigenvalue weighted by Crippen LogP contribution is -2.66. The highest BCUT2D eigenvalue weighted by atomic mass is 16.7. The van der Waals surface area contributed by atoms with Crippen LogP contribution < -0.4 is 35.2 Å². The SMILES string of the molecule is COc1ccc2c3c1OCCC#CC(c1ccccc1)C1Oc4cc(OC5OC(C(OC(=O)CC(=O)O)C(N)N)C(O)C(O)C5O)cc(CN5CC6=CC=NC6=C5CO)c4C(O3)C21. The molecule has 9 N–H and O–H groups in total. The molecule has 9 rings (SSSR count). The molecule has 0 spiro atoms. The van der Waals surface area contributed by atoms with E-state index in [0.29, 0.717) is 58.5 Å². The summed E-state index contributed by atoms with van der Waals surface area (Å²) in [5, 5.41) is 53.1. The Morgan fingerprint density at radius 1 is 1.03 bits per heavy atom. The number of carboxylic acid groups (broad SMARTS) is 1. The number of aliphatic hydroxyl groups excluding tert-OH is 4. The molecule has 3 aromatic carbocycles. The lowest BCUT2D eigenvalue weighted by atomic mass is 9.76. The van der Waals surface area contributed by atoms with Crippen LogP contribution in [0.2, 0.25) is 0 Å². The molecule has 0 saturated carbocycles. The van der Waals surface area contributed by atoms with Gasteiger partial charge in [-0.2, -0.15) is 0 Å². The highest BCUT2D eigenvalue weighted by molar-refractivity contribution is 5.90. The van der Waals surface area contributed by atoms with Gasteiger partial charge < -0.3 is 75.1 Å². The van der Waals surface area contributed by atoms with Gasteiger partial charge in [-0.3, -0.25) is 14.6 Å². The summed E-state index contributed by atoms with van der Waals surface area (Å²) >= 11 is 0. The van der Waals surface area contributed by atoms with Crippen LogP contribution in [0.15, 0.2) is 82.6 Å². The molecule has 330 valence electrons. The fourth-order valence-electron chi connectivity index (χ4n) is 9.16. The van der Waals surface area contributed by atoms with Gasteiger partial charge in [0.05, 0.1) is 49.7 Å². The number of fused-ring (bicyclic) bond motifs is 3. The van der Waals surface area contributed by atoms with E-state index < -0.39 is 85.4 Å². The molecule has 1 fully saturated rings. The zero-order valence-electron chi connectivity index (χ0n) is 33.9. The van der Waals surface area contributed by atoms with Gasteiger partial charge in [0.1, 0.15) is 54.5 Å². The fourth-order valence-corrected chi connectivity index (χ4v) is 9.16. The minimum atomic E-state index is -1.93. The van der Waals surface area contributed by atoms with Crippen LogP contribution in [-0.2, 0) is 25.6 Å². The van der Waals surface area contributed by atoms with Gasteiger partial charge in [-0.15, -0.1) is 0 Å². The molecule has 10 unspecified atom stereocenters. The summed E-state index contributed by atoms with van der Waals surface area (Å²) in [5.74, 6) is 5.04. The van der Waals surface area contributed by atoms with Crippen molar-refractivity contribution in [2.24, 2.45) is 16.5 Å². The topological polar surface area (TPSA) is 268 Å². The number of carboxylic acids is 1. The maximum absolute atomic E-state index is 12.4. The smallest absolute Gasteiger partial charge is 0.317 e. The lowest BCUT2D eigenvalue weighted by molar-refractivity contribution is -0.291. The Balaban J connectivity index is 1.16. The van der Waals surface area contributed by atoms with Crippen LogP contribution in [0, 0.1) is 11.8 Å². The number of allylic oxidation sites excluding steroid dienone is 1. The first-order valence-electron chi connectivity index (χ1n) is 20.4. The maximum atomic E-state index is 12.4. The summed E-state index contributed by atoms with van der Waals surface area (Å²) < 4.78 is 43.8. The zero-order valence-corrected chi connectivity index (χ0v) is 33.9. The van der Waals surface area contributed by atoms with E-state index in [2.05, 4.69) is 16.8 Å². The Kier molecular flexibility index (Phi) is 11.5. The molecule has 1 saturated heterocycles. The summed E-state index contributed by atoms with van der Waals surface area (Å²) in [5.41, 5.74) is 17.1. The Bertz CT molecular complexity index is 2450. The first-order chi connectivity index (χ1) is 30.4. The minimum Gasteiger partial charge on any atom is -0.493 e. The molecule has 10 atom stereocenters. The quantitative estimate of drug-likeness (QED) is 0.0581. The van der Waals surface area contributed by atoms with Crippen molar-refractivity contribution >= 4 is 18.2 Å². The molecule has 63 heavy (non-hydrogen) atoms. The van der Waals surface area contributed by atoms with E-state index in [1.165, 1.54) is 0 Å². The molecule has 18 heteroatoms. The number of esters is 1. The zero-order chi connectivity index (χ0) is 44.1. The molecule has 6 heterocycles. The van der Waals surface area contributed by atoms with Gasteiger partial charge in [-0.25, -0.2) is 0 Å². The number of carbonyl (C=O) groups excluding carboxylic acids is 1. The van der Waals surface area contributed by atoms with Gasteiger partial charge in [0, 0.05) is 48.5 Å². The van der Waals surface area contributed by atoms with Crippen LogP contribution in [0.25, 0.3) is 0 Å². The molecule has 0 radical (unpaired) electrons. The van der Waals surface area contributed by atoms with E-state index in [-0.39, 0.29) is 25.5 Å². The van der Waals surface area contributed by atoms with E-state index in [0.717, 1.165) is 16.7 Å². The van der Waals surface area contributed by atoms with Crippen molar-refractivity contribution in [2.45, 2.75) is 86.4 Å². The van der Waals surface area contributed by atoms with Crippen molar-refractivity contribution in [3.63, 3.8) is 0 Å². The number of aliphatic imine (C=N–C) groups is 1. The van der Waals surface area contributed by atoms with Crippen LogP contribution in [-0.4, -0.2) is 125 Å². The van der Waals surface area contributed by atoms with Gasteiger partial charge in [0.2, 0.25) is 12.0 Å². The van der Waals surface area contributed by atoms with Crippen molar-refractivity contribution in [3.05, 3.63) is 99.9 Å². The number of hydrogen-bond donors (Lipinski definition) is 7. The second-order valence-corrected chi connectivity index (χ2v) is 15.9. The third kappa shape index (κ3) is 7.71. The molecular weight excluding hydrogens is 821 g/mol. The predicted molar refractivity (Wildman–Crippen MR) is 220 cm³/mol. The summed E-state index contributed by atoms with van der Waals surface area (Å²) in [6.45, 7) is 0.615. The molecule has 0 aromatic heterocycles. The van der Waals surface area contributed by atoms with E-state index in [9.17, 15) is 30.0 Å². The Morgan fingerprint density at radius 2 is 1.84 bits per heavy atom. The fraction of sp³-hybridized carbons (Fsp3) is 0.400. The summed E-state index contributed by atoms with van der Waals surface area (Å²) in [7, 11) is 1.56. The summed E-state index contributed by atoms with van der Waals surface area (Å²) in [4.78, 5) is 30.1. The van der Waals surface area contributed by atoms with E-state index >= 15 is 0 Å². The Labute approximate surface area is 360 Å². The van der Waals surface area contributed by atoms with Gasteiger partial charge in [0.25, 0.3) is 0 Å². The second kappa shape index (κ2) is 17.2. The molecule has 0 aliphatic carbocycles. The number of nitrogens with two attached hydrogens (primary N) is 2. The molecule has 4 bridgehead atoms. The molecule has 6 aliphatic rings. The van der Waals surface area contributed by atoms with Crippen molar-refractivity contribution in [1.29, 1.82) is 0 Å². The number of ether oxygens (including phenoxy) is 7. The normalized spacial score (nSPS) is 28.0. The van der Waals surface area contributed by atoms with Crippen molar-refractivity contribution < 1.29 is 68.3 Å². The number of aliphatic carboxylic acids is 1. The van der Waals surface area contributed by atoms with Gasteiger partial charge in [0.15, 0.2) is 17.6 Å². The average Bonchev–Trinajstić information content (AvgIpc) is 3.97. The first-order valence-corrected chi connectivity index (χ1v) is 20.4. The third-order valence-electron chi connectivity index (χ3n) is 12.0. The standard InChI is InChI=1S/C45H46N4O14/c1-57-28-11-10-26-33-38-25(21-7-3-2-4-8-21)9-5-6-14-58-40(28)39(26)62-41(33)32-23(19-49-18-22-12-13-48-34(22)27(49)20-50)15-24(16-29(32)60-38)59-45-37(56)35(54)36(55)42(63-45)43(44(46)47)61-31(53)17-30(51)52/h2-4,7-8,10-13,15-16,25,33,35-38,41-45,50,54-56H,6,14,17-20,46-47H2,1H3,(H,51,52). The van der Waals surface area contributed by atoms with E-state index in [1.807, 2.05) is 53.4 Å². The maximum Gasteiger partial charge on any atom is 0.317 e. The summed E-state index contributed by atoms with van der Waals surface area (Å²) in [6, 6.07) is 16.9. The average molecular weight is 867 g/mol. The molecule has 18 nitrogen and oxygen atoms in total. The Morgan fingerprint density at radius 3 is 2.59 bits per heavy atom. The lowest BCUT2D eigenvalue weighted by Gasteiger charge is -2.43. The van der Waals surface area contributed by atoms with Crippen LogP contribution in [0.4, 0.5) is 0 Å². The predicted octanol–water partition coefficient (Wildman–Crippen LogP) is 1.09. The van der Waals surface area contributed by atoms with Crippen molar-refractivity contribution in [2.75, 3.05) is 26.9 Å². The molecule has 6 aliphatic heterocycles. The van der Waals surface area contributed by atoms with Gasteiger partial charge >= 0.3 is 11.9 Å². The van der Waals surface area contributed by atoms with E-state index in [4.69, 9.17) is 49.7 Å². The van der Waals surface area contributed by atoms with Gasteiger partial charge in [-0.05, 0) is 29.3 Å². The Hall–Kier alpha value is -6.17. The largest absolute Gasteiger partial charge is 0.493 e. The molecule has 0 amide bonds. The number of carbonyl (C=O) groups is 2. The van der Waals surface area contributed by atoms with E-state index in [1.54, 1.807) is 25.5 Å². The second-order valence-electron chi connectivity index (χ2n) is 15.9. The third-order valence-corrected chi connectivity index (χ3v) is 12.0. The van der Waals surface area contributed by atoms with Crippen LogP contribution in [0.3, 0.4) is 0 Å². The number of nitrogens with zero attached hydrogens (tertiary/aromatic N) is 2. The van der Waals surface area contributed by atoms with Gasteiger partial charge in [-0.1, -0.05) is 48.2 Å². The monoisotopic (exact) mass is 866 g/mol. The first kappa shape index (κ1) is 42.1.